The van der Waals surface area contributed by atoms with Crippen molar-refractivity contribution in [3.05, 3.63) is 41.6 Å². The Labute approximate surface area is 152 Å². The molecule has 0 saturated carbocycles. The van der Waals surface area contributed by atoms with Crippen LogP contribution in [0.3, 0.4) is 0 Å². The Morgan fingerprint density at radius 1 is 1.35 bits per heavy atom. The molecule has 1 unspecified atom stereocenters. The molecule has 1 saturated heterocycles. The minimum Gasteiger partial charge on any atom is -0.472 e. The zero-order chi connectivity index (χ0) is 18.1. The first kappa shape index (κ1) is 17.0. The summed E-state index contributed by atoms with van der Waals surface area (Å²) in [6.45, 7) is 7.45. The van der Waals surface area contributed by atoms with E-state index in [0.29, 0.717) is 18.8 Å². The molecule has 2 aromatic heterocycles. The highest BCUT2D eigenvalue weighted by molar-refractivity contribution is 5.94. The Morgan fingerprint density at radius 2 is 2.15 bits per heavy atom. The largest absolute Gasteiger partial charge is 0.472 e. The van der Waals surface area contributed by atoms with Gasteiger partial charge in [0.05, 0.1) is 36.8 Å². The maximum atomic E-state index is 12.5. The molecule has 0 bridgehead atoms. The normalized spacial score (nSPS) is 21.9. The van der Waals surface area contributed by atoms with E-state index in [-0.39, 0.29) is 17.4 Å². The van der Waals surface area contributed by atoms with Crippen molar-refractivity contribution in [1.29, 1.82) is 0 Å². The molecule has 7 nitrogen and oxygen atoms in total. The Bertz CT molecular complexity index is 782. The van der Waals surface area contributed by atoms with E-state index < -0.39 is 0 Å². The molecule has 1 amide bonds. The smallest absolute Gasteiger partial charge is 0.255 e. The number of hydrogen-bond donors (Lipinski definition) is 1. The number of ether oxygens (including phenoxy) is 1. The summed E-state index contributed by atoms with van der Waals surface area (Å²) in [5.41, 5.74) is 2.62. The van der Waals surface area contributed by atoms with Crippen molar-refractivity contribution in [3.63, 3.8) is 0 Å². The predicted octanol–water partition coefficient (Wildman–Crippen LogP) is 2.35. The van der Waals surface area contributed by atoms with E-state index in [4.69, 9.17) is 14.1 Å². The second kappa shape index (κ2) is 6.72. The second-order valence-corrected chi connectivity index (χ2v) is 7.75. The third-order valence-corrected chi connectivity index (χ3v) is 5.05. The molecule has 138 valence electrons. The van der Waals surface area contributed by atoms with Gasteiger partial charge in [-0.1, -0.05) is 13.8 Å². The minimum atomic E-state index is -0.135. The van der Waals surface area contributed by atoms with Gasteiger partial charge in [0, 0.05) is 24.8 Å². The van der Waals surface area contributed by atoms with Crippen LogP contribution in [-0.2, 0) is 11.2 Å². The lowest BCUT2D eigenvalue weighted by Gasteiger charge is -2.37. The van der Waals surface area contributed by atoms with E-state index in [1.165, 1.54) is 12.5 Å². The van der Waals surface area contributed by atoms with Gasteiger partial charge in [-0.15, -0.1) is 0 Å². The van der Waals surface area contributed by atoms with Gasteiger partial charge in [-0.3, -0.25) is 4.79 Å². The zero-order valence-electron chi connectivity index (χ0n) is 15.2. The fraction of sp³-hybridized carbons (Fsp3) is 0.526. The quantitative estimate of drug-likeness (QED) is 0.909. The third kappa shape index (κ3) is 3.44. The molecule has 0 spiro atoms. The van der Waals surface area contributed by atoms with Crippen LogP contribution in [0.4, 0.5) is 5.95 Å². The van der Waals surface area contributed by atoms with Gasteiger partial charge in [0.25, 0.3) is 5.91 Å². The predicted molar refractivity (Wildman–Crippen MR) is 96.1 cm³/mol. The first-order valence-electron chi connectivity index (χ1n) is 9.03. The number of furan rings is 1. The molecule has 4 rings (SSSR count). The summed E-state index contributed by atoms with van der Waals surface area (Å²) in [5, 5.41) is 3.12. The van der Waals surface area contributed by atoms with Gasteiger partial charge in [-0.05, 0) is 24.3 Å². The van der Waals surface area contributed by atoms with Gasteiger partial charge >= 0.3 is 0 Å². The number of carbonyl (C=O) groups excluding carboxylic acids is 1. The monoisotopic (exact) mass is 356 g/mol. The van der Waals surface area contributed by atoms with Crippen LogP contribution in [0, 0.1) is 5.41 Å². The highest BCUT2D eigenvalue weighted by atomic mass is 16.5. The fourth-order valence-corrected chi connectivity index (χ4v) is 3.72. The third-order valence-electron chi connectivity index (χ3n) is 5.05. The summed E-state index contributed by atoms with van der Waals surface area (Å²) in [5.74, 6) is 0.620. The van der Waals surface area contributed by atoms with Gasteiger partial charge in [-0.2, -0.15) is 0 Å². The number of aromatic nitrogens is 2. The number of amides is 1. The van der Waals surface area contributed by atoms with Crippen LogP contribution in [0.2, 0.25) is 0 Å². The molecule has 1 aliphatic carbocycles. The summed E-state index contributed by atoms with van der Waals surface area (Å²) in [6, 6.07) is 1.57. The van der Waals surface area contributed by atoms with Crippen LogP contribution in [0.15, 0.2) is 29.2 Å². The molecular formula is C19H24N4O3. The second-order valence-electron chi connectivity index (χ2n) is 7.75. The maximum Gasteiger partial charge on any atom is 0.255 e. The summed E-state index contributed by atoms with van der Waals surface area (Å²) < 4.78 is 10.4. The van der Waals surface area contributed by atoms with E-state index in [1.54, 1.807) is 6.07 Å². The molecule has 0 aromatic carbocycles. The average Bonchev–Trinajstić information content (AvgIpc) is 3.16. The van der Waals surface area contributed by atoms with Crippen molar-refractivity contribution in [3.8, 4) is 0 Å². The SMILES string of the molecule is CC1(C)Cc2nc(N3CCOCC3)ncc2C(NC(=O)c2ccoc2)C1. The molecule has 1 atom stereocenters. The number of rotatable bonds is 3. The molecule has 2 aromatic rings. The number of nitrogens with zero attached hydrogens (tertiary/aromatic N) is 3. The Balaban J connectivity index is 1.60. The van der Waals surface area contributed by atoms with Crippen molar-refractivity contribution in [2.45, 2.75) is 32.7 Å². The summed E-state index contributed by atoms with van der Waals surface area (Å²) in [7, 11) is 0. The molecule has 1 N–H and O–H groups in total. The van der Waals surface area contributed by atoms with E-state index >= 15 is 0 Å². The highest BCUT2D eigenvalue weighted by Crippen LogP contribution is 2.40. The minimum absolute atomic E-state index is 0.0535. The van der Waals surface area contributed by atoms with Crippen molar-refractivity contribution in [2.24, 2.45) is 5.41 Å². The first-order chi connectivity index (χ1) is 12.5. The number of anilines is 1. The first-order valence-corrected chi connectivity index (χ1v) is 9.03. The number of fused-ring (bicyclic) bond motifs is 1. The van der Waals surface area contributed by atoms with Crippen molar-refractivity contribution in [1.82, 2.24) is 15.3 Å². The number of hydrogen-bond acceptors (Lipinski definition) is 6. The summed E-state index contributed by atoms with van der Waals surface area (Å²) >= 11 is 0. The lowest BCUT2D eigenvalue weighted by atomic mass is 9.74. The van der Waals surface area contributed by atoms with E-state index in [2.05, 4.69) is 29.0 Å². The fourth-order valence-electron chi connectivity index (χ4n) is 3.72. The molecule has 3 heterocycles. The average molecular weight is 356 g/mol. The molecule has 7 heteroatoms. The van der Waals surface area contributed by atoms with Crippen LogP contribution in [0.25, 0.3) is 0 Å². The summed E-state index contributed by atoms with van der Waals surface area (Å²) in [4.78, 5) is 24.0. The van der Waals surface area contributed by atoms with Crippen LogP contribution < -0.4 is 10.2 Å². The maximum absolute atomic E-state index is 12.5. The van der Waals surface area contributed by atoms with Gasteiger partial charge in [0.2, 0.25) is 5.95 Å². The van der Waals surface area contributed by atoms with Crippen LogP contribution in [0.5, 0.6) is 0 Å². The van der Waals surface area contributed by atoms with E-state index in [0.717, 1.165) is 43.1 Å². The van der Waals surface area contributed by atoms with Gasteiger partial charge in [0.1, 0.15) is 6.26 Å². The lowest BCUT2D eigenvalue weighted by Crippen LogP contribution is -2.39. The van der Waals surface area contributed by atoms with Crippen LogP contribution in [-0.4, -0.2) is 42.2 Å². The van der Waals surface area contributed by atoms with Crippen LogP contribution in [0.1, 0.15) is 47.9 Å². The molecule has 1 aliphatic heterocycles. The molecule has 26 heavy (non-hydrogen) atoms. The Kier molecular flexibility index (Phi) is 4.40. The Hall–Kier alpha value is -2.41. The number of nitrogens with one attached hydrogen (secondary N) is 1. The Morgan fingerprint density at radius 3 is 2.88 bits per heavy atom. The lowest BCUT2D eigenvalue weighted by molar-refractivity contribution is 0.0918. The summed E-state index contributed by atoms with van der Waals surface area (Å²) in [6.07, 6.45) is 6.57. The zero-order valence-corrected chi connectivity index (χ0v) is 15.2. The van der Waals surface area contributed by atoms with E-state index in [1.807, 2.05) is 6.20 Å². The molecular weight excluding hydrogens is 332 g/mol. The van der Waals surface area contributed by atoms with Crippen molar-refractivity contribution >= 4 is 11.9 Å². The van der Waals surface area contributed by atoms with Crippen molar-refractivity contribution < 1.29 is 13.9 Å². The number of carbonyl (C=O) groups is 1. The van der Waals surface area contributed by atoms with Gasteiger partial charge in [-0.25, -0.2) is 9.97 Å². The molecule has 2 aliphatic rings. The van der Waals surface area contributed by atoms with Gasteiger partial charge < -0.3 is 19.4 Å². The van der Waals surface area contributed by atoms with Crippen molar-refractivity contribution in [2.75, 3.05) is 31.2 Å². The van der Waals surface area contributed by atoms with Crippen LogP contribution >= 0.6 is 0 Å². The number of morpholine rings is 1. The topological polar surface area (TPSA) is 80.5 Å². The standard InChI is InChI=1S/C19H24N4O3/c1-19(2)9-15(21-17(24)13-3-6-26-12-13)14-11-20-18(22-16(14)10-19)23-4-7-25-8-5-23/h3,6,11-12,15H,4-5,7-10H2,1-2H3,(H,21,24). The molecule has 1 fully saturated rings. The van der Waals surface area contributed by atoms with Gasteiger partial charge in [0.15, 0.2) is 0 Å². The van der Waals surface area contributed by atoms with E-state index in [9.17, 15) is 4.79 Å². The molecule has 0 radical (unpaired) electrons. The highest BCUT2D eigenvalue weighted by Gasteiger charge is 2.35.